The number of benzene rings is 1. The minimum atomic E-state index is -0.834. The number of rotatable bonds is 4. The number of aliphatic hydroxyl groups excluding tert-OH is 1. The van der Waals surface area contributed by atoms with Gasteiger partial charge in [-0.25, -0.2) is 8.78 Å². The maximum atomic E-state index is 13.0. The Morgan fingerprint density at radius 1 is 1.33 bits per heavy atom. The third-order valence-corrected chi connectivity index (χ3v) is 1.89. The predicted molar refractivity (Wildman–Crippen MR) is 54.3 cm³/mol. The van der Waals surface area contributed by atoms with Gasteiger partial charge in [0, 0.05) is 18.8 Å². The van der Waals surface area contributed by atoms with Crippen LogP contribution in [-0.2, 0) is 0 Å². The fourth-order valence-corrected chi connectivity index (χ4v) is 1.01. The van der Waals surface area contributed by atoms with Crippen LogP contribution in [0.1, 0.15) is 0 Å². The summed E-state index contributed by atoms with van der Waals surface area (Å²) in [5.41, 5.74) is 9.95. The van der Waals surface area contributed by atoms with Gasteiger partial charge >= 0.3 is 0 Å². The first-order valence-corrected chi connectivity index (χ1v) is 4.41. The van der Waals surface area contributed by atoms with Gasteiger partial charge in [0.15, 0.2) is 11.6 Å². The van der Waals surface area contributed by atoms with Gasteiger partial charge in [0.05, 0.1) is 6.10 Å². The topological polar surface area (TPSA) is 84.3 Å². The summed E-state index contributed by atoms with van der Waals surface area (Å²) >= 11 is 0. The molecule has 0 amide bonds. The summed E-state index contributed by atoms with van der Waals surface area (Å²) in [4.78, 5) is 0. The first kappa shape index (κ1) is 11.7. The van der Waals surface area contributed by atoms with E-state index in [0.717, 1.165) is 12.1 Å². The maximum absolute atomic E-state index is 13.0. The molecule has 1 rings (SSSR count). The lowest BCUT2D eigenvalue weighted by Gasteiger charge is -2.11. The average molecular weight is 217 g/mol. The van der Waals surface area contributed by atoms with Gasteiger partial charge in [0.25, 0.3) is 0 Å². The Morgan fingerprint density at radius 2 is 1.87 bits per heavy atom. The third kappa shape index (κ3) is 3.03. The summed E-state index contributed by atoms with van der Waals surface area (Å²) in [5.74, 6) is -1.67. The molecular weight excluding hydrogens is 204 g/mol. The van der Waals surface area contributed by atoms with E-state index in [1.54, 1.807) is 0 Å². The van der Waals surface area contributed by atoms with Crippen LogP contribution in [0.3, 0.4) is 0 Å². The minimum absolute atomic E-state index is 0.0763. The van der Waals surface area contributed by atoms with Crippen LogP contribution in [-0.4, -0.2) is 24.3 Å². The Balaban J connectivity index is 2.70. The van der Waals surface area contributed by atoms with Crippen molar-refractivity contribution in [2.45, 2.75) is 6.10 Å². The van der Waals surface area contributed by atoms with Crippen molar-refractivity contribution in [3.63, 3.8) is 0 Å². The van der Waals surface area contributed by atoms with Crippen molar-refractivity contribution in [3.8, 4) is 0 Å². The van der Waals surface area contributed by atoms with E-state index in [1.165, 1.54) is 0 Å². The zero-order valence-electron chi connectivity index (χ0n) is 8.00. The molecule has 0 saturated heterocycles. The summed E-state index contributed by atoms with van der Waals surface area (Å²) in [6.45, 7) is 0.201. The van der Waals surface area contributed by atoms with Gasteiger partial charge in [-0.05, 0) is 12.1 Å². The molecule has 0 radical (unpaired) electrons. The van der Waals surface area contributed by atoms with Crippen LogP contribution in [0.15, 0.2) is 12.1 Å². The fraction of sp³-hybridized carbons (Fsp3) is 0.333. The predicted octanol–water partition coefficient (Wildman–Crippen LogP) is 0.278. The van der Waals surface area contributed by atoms with Crippen LogP contribution >= 0.6 is 0 Å². The van der Waals surface area contributed by atoms with E-state index in [9.17, 15) is 8.78 Å². The van der Waals surface area contributed by atoms with Crippen molar-refractivity contribution < 1.29 is 13.9 Å². The van der Waals surface area contributed by atoms with Gasteiger partial charge in [-0.1, -0.05) is 0 Å². The number of nitrogens with two attached hydrogens (primary N) is 2. The largest absolute Gasteiger partial charge is 0.394 e. The van der Waals surface area contributed by atoms with Crippen molar-refractivity contribution in [1.29, 1.82) is 0 Å². The van der Waals surface area contributed by atoms with Crippen molar-refractivity contribution in [3.05, 3.63) is 23.8 Å². The number of aliphatic hydroxyl groups is 1. The van der Waals surface area contributed by atoms with Gasteiger partial charge in [0.2, 0.25) is 0 Å². The quantitative estimate of drug-likeness (QED) is 0.546. The van der Waals surface area contributed by atoms with Gasteiger partial charge in [-0.15, -0.1) is 0 Å². The number of hydrogen-bond donors (Lipinski definition) is 4. The van der Waals surface area contributed by atoms with Crippen LogP contribution in [0.4, 0.5) is 20.2 Å². The molecule has 1 aromatic rings. The van der Waals surface area contributed by atoms with E-state index in [4.69, 9.17) is 16.6 Å². The summed E-state index contributed by atoms with van der Waals surface area (Å²) in [7, 11) is 0. The van der Waals surface area contributed by atoms with Gasteiger partial charge in [-0.2, -0.15) is 0 Å². The molecule has 0 aromatic heterocycles. The molecule has 1 aromatic carbocycles. The molecule has 4 nitrogen and oxygen atoms in total. The Morgan fingerprint density at radius 3 is 2.33 bits per heavy atom. The molecule has 0 unspecified atom stereocenters. The highest BCUT2D eigenvalue weighted by Crippen LogP contribution is 2.20. The Bertz CT molecular complexity index is 323. The van der Waals surface area contributed by atoms with Crippen molar-refractivity contribution in [2.24, 2.45) is 5.73 Å². The van der Waals surface area contributed by atoms with Crippen LogP contribution < -0.4 is 16.8 Å². The molecule has 0 heterocycles. The Hall–Kier alpha value is -1.40. The second-order valence-electron chi connectivity index (χ2n) is 3.12. The van der Waals surface area contributed by atoms with Gasteiger partial charge < -0.3 is 21.9 Å². The highest BCUT2D eigenvalue weighted by atomic mass is 19.1. The molecule has 6 N–H and O–H groups in total. The standard InChI is InChI=1S/C9H13F2N3O/c10-7-1-5(2-8(11)9(7)13)14-4-6(15)3-12/h1-2,6,14-15H,3-4,12-13H2/t6-/m0/s1. The van der Waals surface area contributed by atoms with E-state index in [2.05, 4.69) is 5.32 Å². The summed E-state index contributed by atoms with van der Waals surface area (Å²) in [6.07, 6.45) is -0.756. The molecule has 0 aliphatic carbocycles. The lowest BCUT2D eigenvalue weighted by Crippen LogP contribution is -2.27. The zero-order valence-corrected chi connectivity index (χ0v) is 8.00. The maximum Gasteiger partial charge on any atom is 0.151 e. The molecule has 0 saturated carbocycles. The smallest absolute Gasteiger partial charge is 0.151 e. The molecule has 15 heavy (non-hydrogen) atoms. The van der Waals surface area contributed by atoms with Gasteiger partial charge in [0.1, 0.15) is 5.69 Å². The zero-order chi connectivity index (χ0) is 11.4. The molecule has 0 aliphatic heterocycles. The lowest BCUT2D eigenvalue weighted by atomic mass is 10.2. The van der Waals surface area contributed by atoms with E-state index in [-0.39, 0.29) is 18.8 Å². The van der Waals surface area contributed by atoms with E-state index in [0.29, 0.717) is 0 Å². The van der Waals surface area contributed by atoms with Crippen molar-refractivity contribution >= 4 is 11.4 Å². The lowest BCUT2D eigenvalue weighted by molar-refractivity contribution is 0.196. The molecule has 0 spiro atoms. The second-order valence-corrected chi connectivity index (χ2v) is 3.12. The molecular formula is C9H13F2N3O. The van der Waals surface area contributed by atoms with Crippen LogP contribution in [0.25, 0.3) is 0 Å². The Kier molecular flexibility index (Phi) is 3.81. The first-order chi connectivity index (χ1) is 7.04. The SMILES string of the molecule is NC[C@H](O)CNc1cc(F)c(N)c(F)c1. The molecule has 6 heteroatoms. The Labute approximate surface area is 85.9 Å². The second kappa shape index (κ2) is 4.90. The molecule has 1 atom stereocenters. The van der Waals surface area contributed by atoms with Gasteiger partial charge in [-0.3, -0.25) is 0 Å². The first-order valence-electron chi connectivity index (χ1n) is 4.41. The number of halogens is 2. The van der Waals surface area contributed by atoms with E-state index in [1.807, 2.05) is 0 Å². The average Bonchev–Trinajstić information content (AvgIpc) is 2.22. The monoisotopic (exact) mass is 217 g/mol. The highest BCUT2D eigenvalue weighted by Gasteiger charge is 2.08. The number of nitrogen functional groups attached to an aromatic ring is 1. The third-order valence-electron chi connectivity index (χ3n) is 1.89. The molecule has 0 fully saturated rings. The number of hydrogen-bond acceptors (Lipinski definition) is 4. The summed E-state index contributed by atoms with van der Waals surface area (Å²) in [6, 6.07) is 2.11. The molecule has 84 valence electrons. The van der Waals surface area contributed by atoms with E-state index < -0.39 is 23.4 Å². The van der Waals surface area contributed by atoms with Crippen LogP contribution in [0.2, 0.25) is 0 Å². The van der Waals surface area contributed by atoms with E-state index >= 15 is 0 Å². The van der Waals surface area contributed by atoms with Crippen LogP contribution in [0.5, 0.6) is 0 Å². The number of anilines is 2. The summed E-state index contributed by atoms with van der Waals surface area (Å²) in [5, 5.41) is 11.8. The summed E-state index contributed by atoms with van der Waals surface area (Å²) < 4.78 is 25.9. The molecule has 0 bridgehead atoms. The minimum Gasteiger partial charge on any atom is -0.394 e. The van der Waals surface area contributed by atoms with Crippen molar-refractivity contribution in [1.82, 2.24) is 0 Å². The normalized spacial score (nSPS) is 12.5. The highest BCUT2D eigenvalue weighted by molar-refractivity contribution is 5.53. The molecule has 0 aliphatic rings. The number of nitrogens with one attached hydrogen (secondary N) is 1. The van der Waals surface area contributed by atoms with Crippen molar-refractivity contribution in [2.75, 3.05) is 24.1 Å². The van der Waals surface area contributed by atoms with Crippen LogP contribution in [0, 0.1) is 11.6 Å². The fourth-order valence-electron chi connectivity index (χ4n) is 1.01.